The second-order valence-electron chi connectivity index (χ2n) is 9.10. The van der Waals surface area contributed by atoms with Gasteiger partial charge < -0.3 is 10.2 Å². The zero-order valence-corrected chi connectivity index (χ0v) is 19.1. The Hall–Kier alpha value is -2.87. The van der Waals surface area contributed by atoms with Crippen LogP contribution in [0, 0.1) is 5.92 Å². The lowest BCUT2D eigenvalue weighted by atomic mass is 9.94. The Balaban J connectivity index is 1.37. The topological polar surface area (TPSA) is 52.7 Å². The second-order valence-corrected chi connectivity index (χ2v) is 9.10. The minimum atomic E-state index is -4.43. The summed E-state index contributed by atoms with van der Waals surface area (Å²) in [6, 6.07) is 13.9. The van der Waals surface area contributed by atoms with Crippen LogP contribution in [-0.4, -0.2) is 53.8 Å². The maximum Gasteiger partial charge on any atom is 0.416 e. The maximum absolute atomic E-state index is 13.2. The summed E-state index contributed by atoms with van der Waals surface area (Å²) in [5, 5.41) is 3.10. The maximum atomic E-state index is 13.2. The molecule has 182 valence electrons. The van der Waals surface area contributed by atoms with E-state index in [1.807, 2.05) is 30.3 Å². The van der Waals surface area contributed by atoms with Gasteiger partial charge in [0.25, 0.3) is 5.91 Å². The van der Waals surface area contributed by atoms with E-state index >= 15 is 0 Å². The van der Waals surface area contributed by atoms with Gasteiger partial charge in [0.15, 0.2) is 0 Å². The summed E-state index contributed by atoms with van der Waals surface area (Å²) in [6.45, 7) is 2.48. The van der Waals surface area contributed by atoms with E-state index in [0.29, 0.717) is 38.6 Å². The largest absolute Gasteiger partial charge is 0.416 e. The molecule has 1 unspecified atom stereocenters. The van der Waals surface area contributed by atoms with Crippen LogP contribution >= 0.6 is 0 Å². The molecule has 2 aromatic carbocycles. The summed E-state index contributed by atoms with van der Waals surface area (Å²) in [6.07, 6.45) is -0.134. The molecule has 0 radical (unpaired) electrons. The fourth-order valence-corrected chi connectivity index (χ4v) is 5.03. The Labute approximate surface area is 197 Å². The Bertz CT molecular complexity index is 965. The Morgan fingerprint density at radius 3 is 2.12 bits per heavy atom. The molecule has 8 heteroatoms. The van der Waals surface area contributed by atoms with Crippen LogP contribution in [0.1, 0.15) is 47.2 Å². The number of piperazine rings is 1. The van der Waals surface area contributed by atoms with Crippen molar-refractivity contribution in [3.63, 3.8) is 0 Å². The summed E-state index contributed by atoms with van der Waals surface area (Å²) in [4.78, 5) is 29.9. The normalized spacial score (nSPS) is 18.6. The molecule has 2 amide bonds. The van der Waals surface area contributed by atoms with Crippen LogP contribution in [0.25, 0.3) is 0 Å². The molecule has 1 aliphatic heterocycles. The number of amides is 2. The molecule has 0 spiro atoms. The average Bonchev–Trinajstić information content (AvgIpc) is 3.37. The number of alkyl halides is 3. The lowest BCUT2D eigenvalue weighted by Gasteiger charge is -2.40. The summed E-state index contributed by atoms with van der Waals surface area (Å²) in [5.41, 5.74) is 0.525. The number of nitrogens with one attached hydrogen (secondary N) is 1. The summed E-state index contributed by atoms with van der Waals surface area (Å²) in [7, 11) is 0. The minimum Gasteiger partial charge on any atom is -0.351 e. The number of halogens is 3. The molecule has 2 fully saturated rings. The van der Waals surface area contributed by atoms with Crippen LogP contribution in [-0.2, 0) is 17.5 Å². The fourth-order valence-electron chi connectivity index (χ4n) is 5.03. The van der Waals surface area contributed by atoms with E-state index < -0.39 is 11.7 Å². The monoisotopic (exact) mass is 473 g/mol. The fraction of sp³-hybridized carbons (Fsp3) is 0.462. The minimum absolute atomic E-state index is 0.0262. The number of carbonyl (C=O) groups is 2. The lowest BCUT2D eigenvalue weighted by molar-refractivity contribution is -0.137. The second kappa shape index (κ2) is 10.6. The molecule has 0 aromatic heterocycles. The van der Waals surface area contributed by atoms with Gasteiger partial charge in [-0.3, -0.25) is 14.5 Å². The summed E-state index contributed by atoms with van der Waals surface area (Å²) in [5.74, 6) is 0.0468. The third-order valence-corrected chi connectivity index (χ3v) is 6.88. The van der Waals surface area contributed by atoms with Crippen molar-refractivity contribution in [3.8, 4) is 0 Å². The molecule has 5 nitrogen and oxygen atoms in total. The standard InChI is InChI=1S/C26H30F3N3O2/c27-26(28,29)22-12-10-21(11-13-22)25(34)32-16-14-31(15-17-32)23(20-8-4-5-9-20)24(33)30-18-19-6-2-1-3-7-19/h1-3,6-7,10-13,20,23H,4-5,8-9,14-18H2,(H,30,33). The van der Waals surface area contributed by atoms with Crippen LogP contribution in [0.4, 0.5) is 13.2 Å². The van der Waals surface area contributed by atoms with Gasteiger partial charge in [-0.15, -0.1) is 0 Å². The van der Waals surface area contributed by atoms with Crippen molar-refractivity contribution in [1.29, 1.82) is 0 Å². The lowest BCUT2D eigenvalue weighted by Crippen LogP contribution is -2.57. The highest BCUT2D eigenvalue weighted by molar-refractivity contribution is 5.94. The van der Waals surface area contributed by atoms with Crippen molar-refractivity contribution >= 4 is 11.8 Å². The highest BCUT2D eigenvalue weighted by atomic mass is 19.4. The molecule has 1 heterocycles. The van der Waals surface area contributed by atoms with Crippen molar-refractivity contribution in [2.45, 2.75) is 44.4 Å². The first-order valence-electron chi connectivity index (χ1n) is 11.8. The molecular weight excluding hydrogens is 443 g/mol. The van der Waals surface area contributed by atoms with Gasteiger partial charge in [0, 0.05) is 38.3 Å². The number of benzene rings is 2. The van der Waals surface area contributed by atoms with E-state index in [1.54, 1.807) is 4.90 Å². The van der Waals surface area contributed by atoms with E-state index in [0.717, 1.165) is 43.4 Å². The van der Waals surface area contributed by atoms with Crippen molar-refractivity contribution in [2.24, 2.45) is 5.92 Å². The van der Waals surface area contributed by atoms with Crippen LogP contribution in [0.5, 0.6) is 0 Å². The van der Waals surface area contributed by atoms with Gasteiger partial charge in [-0.25, -0.2) is 0 Å². The van der Waals surface area contributed by atoms with Gasteiger partial charge in [0.2, 0.25) is 5.91 Å². The Kier molecular flexibility index (Phi) is 7.56. The smallest absolute Gasteiger partial charge is 0.351 e. The third kappa shape index (κ3) is 5.78. The first-order valence-corrected chi connectivity index (χ1v) is 11.8. The molecule has 2 aliphatic rings. The molecule has 1 atom stereocenters. The summed E-state index contributed by atoms with van der Waals surface area (Å²) >= 11 is 0. The van der Waals surface area contributed by atoms with E-state index in [1.165, 1.54) is 12.1 Å². The average molecular weight is 474 g/mol. The number of hydrogen-bond donors (Lipinski definition) is 1. The number of hydrogen-bond acceptors (Lipinski definition) is 3. The van der Waals surface area contributed by atoms with Crippen molar-refractivity contribution < 1.29 is 22.8 Å². The predicted octanol–water partition coefficient (Wildman–Crippen LogP) is 4.34. The zero-order valence-electron chi connectivity index (χ0n) is 19.1. The quantitative estimate of drug-likeness (QED) is 0.679. The highest BCUT2D eigenvalue weighted by Gasteiger charge is 2.37. The first-order chi connectivity index (χ1) is 16.3. The third-order valence-electron chi connectivity index (χ3n) is 6.88. The number of nitrogens with zero attached hydrogens (tertiary/aromatic N) is 2. The molecule has 1 N–H and O–H groups in total. The van der Waals surface area contributed by atoms with Crippen LogP contribution < -0.4 is 5.32 Å². The summed E-state index contributed by atoms with van der Waals surface area (Å²) < 4.78 is 38.4. The van der Waals surface area contributed by atoms with Gasteiger partial charge in [0.1, 0.15) is 0 Å². The van der Waals surface area contributed by atoms with E-state index in [4.69, 9.17) is 0 Å². The molecule has 1 saturated heterocycles. The van der Waals surface area contributed by atoms with E-state index in [9.17, 15) is 22.8 Å². The van der Waals surface area contributed by atoms with Gasteiger partial charge in [-0.1, -0.05) is 43.2 Å². The van der Waals surface area contributed by atoms with Gasteiger partial charge in [-0.2, -0.15) is 13.2 Å². The zero-order chi connectivity index (χ0) is 24.1. The molecule has 1 saturated carbocycles. The first kappa shape index (κ1) is 24.3. The van der Waals surface area contributed by atoms with Crippen molar-refractivity contribution in [2.75, 3.05) is 26.2 Å². The predicted molar refractivity (Wildman–Crippen MR) is 123 cm³/mol. The highest BCUT2D eigenvalue weighted by Crippen LogP contribution is 2.32. The van der Waals surface area contributed by atoms with Gasteiger partial charge >= 0.3 is 6.18 Å². The Morgan fingerprint density at radius 1 is 0.912 bits per heavy atom. The molecule has 0 bridgehead atoms. The van der Waals surface area contributed by atoms with E-state index in [-0.39, 0.29) is 23.4 Å². The van der Waals surface area contributed by atoms with Crippen molar-refractivity contribution in [3.05, 3.63) is 71.3 Å². The SMILES string of the molecule is O=C(NCc1ccccc1)C(C1CCCC1)N1CCN(C(=O)c2ccc(C(F)(F)F)cc2)CC1. The van der Waals surface area contributed by atoms with Crippen LogP contribution in [0.3, 0.4) is 0 Å². The molecular formula is C26H30F3N3O2. The molecule has 4 rings (SSSR count). The molecule has 2 aromatic rings. The molecule has 34 heavy (non-hydrogen) atoms. The van der Waals surface area contributed by atoms with Crippen molar-refractivity contribution in [1.82, 2.24) is 15.1 Å². The number of rotatable bonds is 6. The van der Waals surface area contributed by atoms with Crippen LogP contribution in [0.15, 0.2) is 54.6 Å². The van der Waals surface area contributed by atoms with E-state index in [2.05, 4.69) is 10.2 Å². The van der Waals surface area contributed by atoms with Gasteiger partial charge in [-0.05, 0) is 48.6 Å². The van der Waals surface area contributed by atoms with Crippen LogP contribution in [0.2, 0.25) is 0 Å². The Morgan fingerprint density at radius 2 is 1.53 bits per heavy atom. The molecule has 1 aliphatic carbocycles. The number of carbonyl (C=O) groups excluding carboxylic acids is 2. The van der Waals surface area contributed by atoms with Gasteiger partial charge in [0.05, 0.1) is 11.6 Å².